The molecule has 0 heterocycles. The first kappa shape index (κ1) is 15.2. The van der Waals surface area contributed by atoms with Crippen LogP contribution in [0, 0.1) is 5.92 Å². The minimum Gasteiger partial charge on any atom is -0.493 e. The summed E-state index contributed by atoms with van der Waals surface area (Å²) in [6.07, 6.45) is 1.09. The topological polar surface area (TPSA) is 27.7 Å². The van der Waals surface area contributed by atoms with Gasteiger partial charge in [-0.2, -0.15) is 0 Å². The summed E-state index contributed by atoms with van der Waals surface area (Å²) in [6.45, 7) is 4.38. The molecular weight excluding hydrogens is 296 g/mol. The maximum absolute atomic E-state index is 5.49. The van der Waals surface area contributed by atoms with Crippen molar-refractivity contribution >= 4 is 15.9 Å². The van der Waals surface area contributed by atoms with Crippen molar-refractivity contribution < 1.29 is 14.2 Å². The molecule has 2 unspecified atom stereocenters. The van der Waals surface area contributed by atoms with E-state index in [4.69, 9.17) is 14.2 Å². The number of rotatable bonds is 6. The van der Waals surface area contributed by atoms with E-state index in [1.807, 2.05) is 12.1 Å². The Bertz CT molecular complexity index is 393. The summed E-state index contributed by atoms with van der Waals surface area (Å²) in [5.41, 5.74) is 1.09. The summed E-state index contributed by atoms with van der Waals surface area (Å²) in [5.74, 6) is 2.57. The van der Waals surface area contributed by atoms with Crippen molar-refractivity contribution in [2.24, 2.45) is 5.92 Å². The van der Waals surface area contributed by atoms with E-state index < -0.39 is 0 Å². The molecule has 4 heteroatoms. The molecule has 18 heavy (non-hydrogen) atoms. The van der Waals surface area contributed by atoms with Gasteiger partial charge in [0.05, 0.1) is 21.3 Å². The third-order valence-electron chi connectivity index (χ3n) is 3.18. The molecule has 0 saturated heterocycles. The van der Waals surface area contributed by atoms with Crippen LogP contribution in [-0.4, -0.2) is 21.3 Å². The molecule has 1 rings (SSSR count). The van der Waals surface area contributed by atoms with E-state index in [0.29, 0.717) is 17.4 Å². The number of hydrogen-bond donors (Lipinski definition) is 0. The molecule has 0 aliphatic rings. The van der Waals surface area contributed by atoms with Gasteiger partial charge < -0.3 is 14.2 Å². The lowest BCUT2D eigenvalue weighted by molar-refractivity contribution is 0.321. The minimum atomic E-state index is 0.234. The second-order valence-electron chi connectivity index (χ2n) is 4.21. The molecule has 0 bridgehead atoms. The maximum atomic E-state index is 5.49. The molecule has 3 nitrogen and oxygen atoms in total. The monoisotopic (exact) mass is 316 g/mol. The predicted octanol–water partition coefficient (Wildman–Crippen LogP) is 4.19. The standard InChI is InChI=1S/C14H21BrO3/c1-6-9(2)12(15)10-7-8-11(16-3)14(18-5)13(10)17-4/h7-9,12H,6H2,1-5H3. The first-order valence-corrected chi connectivity index (χ1v) is 6.95. The number of methoxy groups -OCH3 is 3. The Morgan fingerprint density at radius 2 is 1.67 bits per heavy atom. The van der Waals surface area contributed by atoms with Gasteiger partial charge >= 0.3 is 0 Å². The molecular formula is C14H21BrO3. The third-order valence-corrected chi connectivity index (χ3v) is 4.57. The van der Waals surface area contributed by atoms with Gasteiger partial charge in [-0.1, -0.05) is 42.3 Å². The SMILES string of the molecule is CCC(C)C(Br)c1ccc(OC)c(OC)c1OC. The van der Waals surface area contributed by atoms with Crippen LogP contribution in [0.15, 0.2) is 12.1 Å². The lowest BCUT2D eigenvalue weighted by Gasteiger charge is -2.22. The van der Waals surface area contributed by atoms with Crippen LogP contribution in [0.2, 0.25) is 0 Å². The van der Waals surface area contributed by atoms with Crippen LogP contribution in [0.1, 0.15) is 30.7 Å². The summed E-state index contributed by atoms with van der Waals surface area (Å²) >= 11 is 3.74. The van der Waals surface area contributed by atoms with Gasteiger partial charge in [0.25, 0.3) is 0 Å². The molecule has 0 amide bonds. The fourth-order valence-electron chi connectivity index (χ4n) is 1.86. The van der Waals surface area contributed by atoms with Gasteiger partial charge in [0.1, 0.15) is 0 Å². The highest BCUT2D eigenvalue weighted by Gasteiger charge is 2.23. The fourth-order valence-corrected chi connectivity index (χ4v) is 2.59. The van der Waals surface area contributed by atoms with Gasteiger partial charge in [-0.25, -0.2) is 0 Å². The van der Waals surface area contributed by atoms with Crippen LogP contribution in [-0.2, 0) is 0 Å². The Labute approximate surface area is 118 Å². The largest absolute Gasteiger partial charge is 0.493 e. The van der Waals surface area contributed by atoms with Crippen molar-refractivity contribution in [3.8, 4) is 17.2 Å². The van der Waals surface area contributed by atoms with Crippen molar-refractivity contribution in [1.82, 2.24) is 0 Å². The van der Waals surface area contributed by atoms with Crippen LogP contribution >= 0.6 is 15.9 Å². The van der Waals surface area contributed by atoms with E-state index in [0.717, 1.165) is 17.7 Å². The van der Waals surface area contributed by atoms with E-state index in [2.05, 4.69) is 29.8 Å². The minimum absolute atomic E-state index is 0.234. The molecule has 0 N–H and O–H groups in total. The Hall–Kier alpha value is -0.900. The number of hydrogen-bond acceptors (Lipinski definition) is 3. The second-order valence-corrected chi connectivity index (χ2v) is 5.20. The van der Waals surface area contributed by atoms with Crippen LogP contribution in [0.4, 0.5) is 0 Å². The third kappa shape index (κ3) is 2.91. The van der Waals surface area contributed by atoms with Gasteiger partial charge in [0, 0.05) is 10.4 Å². The van der Waals surface area contributed by atoms with Gasteiger partial charge in [0.15, 0.2) is 11.5 Å². The van der Waals surface area contributed by atoms with Crippen molar-refractivity contribution in [3.63, 3.8) is 0 Å². The van der Waals surface area contributed by atoms with Crippen LogP contribution in [0.25, 0.3) is 0 Å². The highest BCUT2D eigenvalue weighted by Crippen LogP contribution is 2.46. The Balaban J connectivity index is 3.28. The lowest BCUT2D eigenvalue weighted by Crippen LogP contribution is -2.06. The summed E-state index contributed by atoms with van der Waals surface area (Å²) < 4.78 is 16.2. The van der Waals surface area contributed by atoms with E-state index in [1.54, 1.807) is 21.3 Å². The normalized spacial score (nSPS) is 13.9. The highest BCUT2D eigenvalue weighted by atomic mass is 79.9. The van der Waals surface area contributed by atoms with Crippen LogP contribution in [0.3, 0.4) is 0 Å². The number of halogens is 1. The van der Waals surface area contributed by atoms with E-state index in [1.165, 1.54) is 0 Å². The number of benzene rings is 1. The average molecular weight is 317 g/mol. The van der Waals surface area contributed by atoms with Crippen LogP contribution in [0.5, 0.6) is 17.2 Å². The smallest absolute Gasteiger partial charge is 0.203 e. The lowest BCUT2D eigenvalue weighted by atomic mass is 9.97. The summed E-state index contributed by atoms with van der Waals surface area (Å²) in [6, 6.07) is 3.93. The first-order valence-electron chi connectivity index (χ1n) is 6.03. The van der Waals surface area contributed by atoms with Crippen molar-refractivity contribution in [1.29, 1.82) is 0 Å². The van der Waals surface area contributed by atoms with Gasteiger partial charge in [-0.05, 0) is 12.0 Å². The molecule has 0 aromatic heterocycles. The van der Waals surface area contributed by atoms with Gasteiger partial charge in [-0.3, -0.25) is 0 Å². The fraction of sp³-hybridized carbons (Fsp3) is 0.571. The van der Waals surface area contributed by atoms with Gasteiger partial charge in [-0.15, -0.1) is 0 Å². The summed E-state index contributed by atoms with van der Waals surface area (Å²) in [4.78, 5) is 0.234. The number of alkyl halides is 1. The van der Waals surface area contributed by atoms with E-state index >= 15 is 0 Å². The summed E-state index contributed by atoms with van der Waals surface area (Å²) in [5, 5.41) is 0. The molecule has 0 aliphatic carbocycles. The Morgan fingerprint density at radius 3 is 2.11 bits per heavy atom. The molecule has 0 saturated carbocycles. The maximum Gasteiger partial charge on any atom is 0.203 e. The molecule has 0 aliphatic heterocycles. The zero-order valence-corrected chi connectivity index (χ0v) is 13.2. The first-order chi connectivity index (χ1) is 8.60. The zero-order valence-electron chi connectivity index (χ0n) is 11.6. The highest BCUT2D eigenvalue weighted by molar-refractivity contribution is 9.09. The van der Waals surface area contributed by atoms with Crippen molar-refractivity contribution in [2.45, 2.75) is 25.1 Å². The molecule has 102 valence electrons. The van der Waals surface area contributed by atoms with Crippen molar-refractivity contribution in [3.05, 3.63) is 17.7 Å². The molecule has 0 spiro atoms. The van der Waals surface area contributed by atoms with E-state index in [-0.39, 0.29) is 4.83 Å². The summed E-state index contributed by atoms with van der Waals surface area (Å²) in [7, 11) is 4.89. The molecule has 0 fully saturated rings. The molecule has 1 aromatic rings. The zero-order chi connectivity index (χ0) is 13.7. The van der Waals surface area contributed by atoms with Crippen molar-refractivity contribution in [2.75, 3.05) is 21.3 Å². The number of ether oxygens (including phenoxy) is 3. The second kappa shape index (κ2) is 6.88. The van der Waals surface area contributed by atoms with Crippen LogP contribution < -0.4 is 14.2 Å². The van der Waals surface area contributed by atoms with E-state index in [9.17, 15) is 0 Å². The molecule has 1 aromatic carbocycles. The molecule has 0 radical (unpaired) electrons. The average Bonchev–Trinajstić information content (AvgIpc) is 2.43. The Kier molecular flexibility index (Phi) is 5.79. The Morgan fingerprint density at radius 1 is 1.06 bits per heavy atom. The quantitative estimate of drug-likeness (QED) is 0.736. The molecule has 2 atom stereocenters. The van der Waals surface area contributed by atoms with Gasteiger partial charge in [0.2, 0.25) is 5.75 Å². The predicted molar refractivity (Wildman–Crippen MR) is 77.2 cm³/mol.